The largest absolute Gasteiger partial charge is 0.504 e. The van der Waals surface area contributed by atoms with Gasteiger partial charge in [0.25, 0.3) is 0 Å². The SMILES string of the molecule is COC(=O)c1cc(O)c(OC)c(F)c1.COC(=O)c1ccc(OC)c(OC(C)=O)c1. The van der Waals surface area contributed by atoms with Crippen LogP contribution in [-0.2, 0) is 14.3 Å². The number of aromatic hydroxyl groups is 1. The number of methoxy groups -OCH3 is 4. The van der Waals surface area contributed by atoms with Crippen LogP contribution in [0.1, 0.15) is 27.6 Å². The third-order valence-electron chi connectivity index (χ3n) is 3.49. The fraction of sp³-hybridized carbons (Fsp3) is 0.250. The number of carbonyl (C=O) groups excluding carboxylic acids is 3. The molecule has 30 heavy (non-hydrogen) atoms. The lowest BCUT2D eigenvalue weighted by atomic mass is 10.2. The summed E-state index contributed by atoms with van der Waals surface area (Å²) in [6.07, 6.45) is 0. The lowest BCUT2D eigenvalue weighted by Gasteiger charge is -2.08. The fourth-order valence-corrected chi connectivity index (χ4v) is 2.17. The maximum Gasteiger partial charge on any atom is 0.338 e. The first kappa shape index (κ1) is 24.2. The second kappa shape index (κ2) is 11.2. The molecule has 0 saturated heterocycles. The highest BCUT2D eigenvalue weighted by Gasteiger charge is 2.15. The Morgan fingerprint density at radius 3 is 1.90 bits per heavy atom. The first-order valence-corrected chi connectivity index (χ1v) is 8.28. The first-order valence-electron chi connectivity index (χ1n) is 8.28. The maximum atomic E-state index is 13.1. The van der Waals surface area contributed by atoms with Gasteiger partial charge in [-0.1, -0.05) is 0 Å². The van der Waals surface area contributed by atoms with Crippen molar-refractivity contribution in [3.63, 3.8) is 0 Å². The van der Waals surface area contributed by atoms with Gasteiger partial charge in [0.05, 0.1) is 39.6 Å². The average molecular weight is 424 g/mol. The van der Waals surface area contributed by atoms with E-state index in [0.717, 1.165) is 12.1 Å². The summed E-state index contributed by atoms with van der Waals surface area (Å²) in [6.45, 7) is 1.27. The van der Waals surface area contributed by atoms with Gasteiger partial charge in [-0.25, -0.2) is 14.0 Å². The van der Waals surface area contributed by atoms with Crippen LogP contribution in [0.4, 0.5) is 4.39 Å². The summed E-state index contributed by atoms with van der Waals surface area (Å²) in [5.41, 5.74) is 0.225. The highest BCUT2D eigenvalue weighted by atomic mass is 19.1. The molecule has 0 aromatic heterocycles. The Morgan fingerprint density at radius 1 is 0.833 bits per heavy atom. The van der Waals surface area contributed by atoms with Crippen LogP contribution in [0.15, 0.2) is 30.3 Å². The summed E-state index contributed by atoms with van der Waals surface area (Å²) in [5.74, 6) is -2.68. The molecule has 2 rings (SSSR count). The van der Waals surface area contributed by atoms with Crippen LogP contribution >= 0.6 is 0 Å². The number of halogens is 1. The van der Waals surface area contributed by atoms with Gasteiger partial charge in [0.15, 0.2) is 28.8 Å². The molecule has 10 heteroatoms. The molecule has 0 amide bonds. The molecule has 1 N–H and O–H groups in total. The number of phenolic OH excluding ortho intramolecular Hbond substituents is 1. The molecule has 162 valence electrons. The van der Waals surface area contributed by atoms with E-state index in [0.29, 0.717) is 11.3 Å². The fourth-order valence-electron chi connectivity index (χ4n) is 2.17. The van der Waals surface area contributed by atoms with Crippen LogP contribution in [0.5, 0.6) is 23.0 Å². The smallest absolute Gasteiger partial charge is 0.338 e. The van der Waals surface area contributed by atoms with Gasteiger partial charge in [0.1, 0.15) is 0 Å². The maximum absolute atomic E-state index is 13.1. The van der Waals surface area contributed by atoms with Crippen molar-refractivity contribution >= 4 is 17.9 Å². The molecule has 0 saturated carbocycles. The number of benzene rings is 2. The zero-order valence-electron chi connectivity index (χ0n) is 17.0. The van der Waals surface area contributed by atoms with Crippen molar-refractivity contribution in [1.82, 2.24) is 0 Å². The molecule has 0 heterocycles. The number of phenols is 1. The van der Waals surface area contributed by atoms with Gasteiger partial charge in [0, 0.05) is 6.92 Å². The van der Waals surface area contributed by atoms with Crippen molar-refractivity contribution in [3.8, 4) is 23.0 Å². The molecule has 2 aromatic rings. The Kier molecular flexibility index (Phi) is 9.08. The molecule has 0 fully saturated rings. The van der Waals surface area contributed by atoms with Crippen LogP contribution in [-0.4, -0.2) is 51.5 Å². The van der Waals surface area contributed by atoms with E-state index in [1.54, 1.807) is 0 Å². The predicted octanol–water partition coefficient (Wildman–Crippen LogP) is 2.73. The summed E-state index contributed by atoms with van der Waals surface area (Å²) in [5, 5.41) is 9.24. The van der Waals surface area contributed by atoms with Crippen LogP contribution in [0.3, 0.4) is 0 Å². The van der Waals surface area contributed by atoms with E-state index in [1.165, 1.54) is 53.6 Å². The second-order valence-electron chi connectivity index (χ2n) is 5.45. The Labute approximate surface area is 171 Å². The van der Waals surface area contributed by atoms with E-state index < -0.39 is 29.5 Å². The minimum atomic E-state index is -0.812. The summed E-state index contributed by atoms with van der Waals surface area (Å²) in [7, 11) is 5.11. The first-order chi connectivity index (χ1) is 14.2. The normalized spacial score (nSPS) is 9.53. The zero-order valence-corrected chi connectivity index (χ0v) is 17.0. The van der Waals surface area contributed by atoms with Crippen LogP contribution in [0.25, 0.3) is 0 Å². The molecular weight excluding hydrogens is 403 g/mol. The van der Waals surface area contributed by atoms with E-state index in [1.807, 2.05) is 0 Å². The van der Waals surface area contributed by atoms with Crippen LogP contribution in [0, 0.1) is 5.82 Å². The van der Waals surface area contributed by atoms with Crippen molar-refractivity contribution in [2.75, 3.05) is 28.4 Å². The van der Waals surface area contributed by atoms with Gasteiger partial charge in [-0.2, -0.15) is 0 Å². The van der Waals surface area contributed by atoms with Crippen molar-refractivity contribution in [3.05, 3.63) is 47.3 Å². The minimum Gasteiger partial charge on any atom is -0.504 e. The van der Waals surface area contributed by atoms with E-state index in [9.17, 15) is 23.9 Å². The molecule has 0 radical (unpaired) electrons. The minimum absolute atomic E-state index is 0.0664. The van der Waals surface area contributed by atoms with Gasteiger partial charge in [-0.15, -0.1) is 0 Å². The number of hydrogen-bond donors (Lipinski definition) is 1. The molecule has 0 aliphatic rings. The molecule has 0 aliphatic heterocycles. The van der Waals surface area contributed by atoms with Gasteiger partial charge >= 0.3 is 17.9 Å². The quantitative estimate of drug-likeness (QED) is 0.571. The van der Waals surface area contributed by atoms with E-state index >= 15 is 0 Å². The second-order valence-corrected chi connectivity index (χ2v) is 5.45. The number of carbonyl (C=O) groups is 3. The lowest BCUT2D eigenvalue weighted by molar-refractivity contribution is -0.132. The van der Waals surface area contributed by atoms with Crippen molar-refractivity contribution in [2.24, 2.45) is 0 Å². The van der Waals surface area contributed by atoms with Crippen molar-refractivity contribution in [1.29, 1.82) is 0 Å². The molecule has 0 aliphatic carbocycles. The number of hydrogen-bond acceptors (Lipinski definition) is 9. The van der Waals surface area contributed by atoms with Crippen LogP contribution < -0.4 is 14.2 Å². The lowest BCUT2D eigenvalue weighted by Crippen LogP contribution is -2.06. The topological polar surface area (TPSA) is 118 Å². The van der Waals surface area contributed by atoms with E-state index in [-0.39, 0.29) is 17.1 Å². The summed E-state index contributed by atoms with van der Waals surface area (Å²) >= 11 is 0. The van der Waals surface area contributed by atoms with Crippen LogP contribution in [0.2, 0.25) is 0 Å². The molecule has 0 atom stereocenters. The summed E-state index contributed by atoms with van der Waals surface area (Å²) in [4.78, 5) is 33.1. The molecule has 2 aromatic carbocycles. The molecule has 0 unspecified atom stereocenters. The predicted molar refractivity (Wildman–Crippen MR) is 102 cm³/mol. The summed E-state index contributed by atoms with van der Waals surface area (Å²) < 4.78 is 36.5. The molecule has 0 spiro atoms. The van der Waals surface area contributed by atoms with Crippen molar-refractivity contribution in [2.45, 2.75) is 6.92 Å². The van der Waals surface area contributed by atoms with Gasteiger partial charge in [-0.05, 0) is 30.3 Å². The Bertz CT molecular complexity index is 901. The Morgan fingerprint density at radius 2 is 1.43 bits per heavy atom. The standard InChI is InChI=1S/C11H12O5.C9H9FO4/c1-7(12)16-10-6-8(11(13)15-3)4-5-9(10)14-2;1-13-8-6(10)3-5(4-7(8)11)9(12)14-2/h4-6H,1-3H3;3-4,11H,1-2H3. The third kappa shape index (κ3) is 6.36. The van der Waals surface area contributed by atoms with Gasteiger partial charge in [0.2, 0.25) is 0 Å². The monoisotopic (exact) mass is 424 g/mol. The average Bonchev–Trinajstić information content (AvgIpc) is 2.72. The molecule has 0 bridgehead atoms. The zero-order chi connectivity index (χ0) is 22.8. The Hall–Kier alpha value is -3.82. The summed E-state index contributed by atoms with van der Waals surface area (Å²) in [6, 6.07) is 6.46. The van der Waals surface area contributed by atoms with Crippen molar-refractivity contribution < 1.29 is 47.6 Å². The van der Waals surface area contributed by atoms with E-state index in [2.05, 4.69) is 14.2 Å². The van der Waals surface area contributed by atoms with Gasteiger partial charge in [-0.3, -0.25) is 4.79 Å². The van der Waals surface area contributed by atoms with E-state index in [4.69, 9.17) is 9.47 Å². The highest BCUT2D eigenvalue weighted by molar-refractivity contribution is 5.90. The van der Waals surface area contributed by atoms with Gasteiger partial charge < -0.3 is 28.8 Å². The Balaban J connectivity index is 0.000000303. The number of ether oxygens (including phenoxy) is 5. The molecular formula is C20H21FO9. The number of esters is 3. The highest BCUT2D eigenvalue weighted by Crippen LogP contribution is 2.30. The number of rotatable bonds is 5. The molecule has 9 nitrogen and oxygen atoms in total. The third-order valence-corrected chi connectivity index (χ3v) is 3.49.